The molecule has 0 saturated carbocycles. The molecule has 0 unspecified atom stereocenters. The Morgan fingerprint density at radius 2 is 2.00 bits per heavy atom. The van der Waals surface area contributed by atoms with Crippen LogP contribution in [-0.2, 0) is 0 Å². The predicted octanol–water partition coefficient (Wildman–Crippen LogP) is 3.32. The molecule has 0 saturated heterocycles. The van der Waals surface area contributed by atoms with Crippen LogP contribution in [0.15, 0.2) is 49.6 Å². The highest BCUT2D eigenvalue weighted by molar-refractivity contribution is 6.30. The summed E-state index contributed by atoms with van der Waals surface area (Å²) < 4.78 is 0. The van der Waals surface area contributed by atoms with Crippen molar-refractivity contribution >= 4 is 29.5 Å². The minimum absolute atomic E-state index is 0.113. The van der Waals surface area contributed by atoms with Gasteiger partial charge in [-0.2, -0.15) is 15.0 Å². The zero-order valence-electron chi connectivity index (χ0n) is 16.3. The second kappa shape index (κ2) is 9.29. The number of benzene rings is 1. The standard InChI is InChI=1S/C20H22ClN7O/c1-4-15-6-7-18(28-25-8-9-26-28)17(10-15)19(29)27(5-2)14(3)11-22-20-23-12-16(21)13-24-20/h4,6-10,12-14H,1,5,11H2,2-3H3,(H,22,23,24)/t14-/m0/s1. The molecule has 0 aliphatic carbocycles. The number of hydrogen-bond donors (Lipinski definition) is 1. The summed E-state index contributed by atoms with van der Waals surface area (Å²) in [5.41, 5.74) is 1.97. The van der Waals surface area contributed by atoms with Gasteiger partial charge in [-0.25, -0.2) is 9.97 Å². The Morgan fingerprint density at radius 3 is 2.62 bits per heavy atom. The molecule has 1 aromatic carbocycles. The molecule has 3 rings (SSSR count). The lowest BCUT2D eigenvalue weighted by atomic mass is 10.1. The van der Waals surface area contributed by atoms with Gasteiger partial charge in [-0.1, -0.05) is 30.3 Å². The number of nitrogens with one attached hydrogen (secondary N) is 1. The zero-order chi connectivity index (χ0) is 20.8. The topological polar surface area (TPSA) is 88.8 Å². The Morgan fingerprint density at radius 1 is 1.31 bits per heavy atom. The van der Waals surface area contributed by atoms with Gasteiger partial charge in [-0.3, -0.25) is 4.79 Å². The van der Waals surface area contributed by atoms with E-state index < -0.39 is 0 Å². The third kappa shape index (κ3) is 4.78. The Bertz CT molecular complexity index is 973. The number of likely N-dealkylation sites (N-methyl/N-ethyl adjacent to an activating group) is 1. The van der Waals surface area contributed by atoms with Crippen molar-refractivity contribution in [2.45, 2.75) is 19.9 Å². The maximum Gasteiger partial charge on any atom is 0.256 e. The van der Waals surface area contributed by atoms with Crippen LogP contribution in [0.3, 0.4) is 0 Å². The average Bonchev–Trinajstić information content (AvgIpc) is 3.28. The molecule has 0 spiro atoms. The van der Waals surface area contributed by atoms with Crippen molar-refractivity contribution in [2.24, 2.45) is 0 Å². The van der Waals surface area contributed by atoms with Gasteiger partial charge in [-0.05, 0) is 31.5 Å². The number of aromatic nitrogens is 5. The molecule has 0 aliphatic heterocycles. The fourth-order valence-corrected chi connectivity index (χ4v) is 3.03. The molecule has 2 heterocycles. The lowest BCUT2D eigenvalue weighted by molar-refractivity contribution is 0.0712. The molecule has 2 aromatic heterocycles. The number of halogens is 1. The van der Waals surface area contributed by atoms with Gasteiger partial charge >= 0.3 is 0 Å². The van der Waals surface area contributed by atoms with Crippen molar-refractivity contribution in [1.29, 1.82) is 0 Å². The quantitative estimate of drug-likeness (QED) is 0.611. The Balaban J connectivity index is 1.82. The van der Waals surface area contributed by atoms with E-state index in [0.29, 0.717) is 35.3 Å². The maximum absolute atomic E-state index is 13.4. The highest BCUT2D eigenvalue weighted by atomic mass is 35.5. The fraction of sp³-hybridized carbons (Fsp3) is 0.250. The number of amides is 1. The van der Waals surface area contributed by atoms with Gasteiger partial charge in [0, 0.05) is 19.1 Å². The van der Waals surface area contributed by atoms with E-state index >= 15 is 0 Å². The van der Waals surface area contributed by atoms with Gasteiger partial charge < -0.3 is 10.2 Å². The van der Waals surface area contributed by atoms with Gasteiger partial charge in [-0.15, -0.1) is 0 Å². The number of rotatable bonds is 8. The van der Waals surface area contributed by atoms with Crippen LogP contribution in [0, 0.1) is 0 Å². The first kappa shape index (κ1) is 20.5. The molecule has 9 heteroatoms. The van der Waals surface area contributed by atoms with Crippen molar-refractivity contribution in [3.8, 4) is 5.69 Å². The van der Waals surface area contributed by atoms with Gasteiger partial charge in [0.05, 0.1) is 41.1 Å². The molecular weight excluding hydrogens is 390 g/mol. The van der Waals surface area contributed by atoms with E-state index in [2.05, 4.69) is 32.1 Å². The Kier molecular flexibility index (Phi) is 6.56. The molecule has 1 atom stereocenters. The van der Waals surface area contributed by atoms with Crippen LogP contribution < -0.4 is 5.32 Å². The van der Waals surface area contributed by atoms with Crippen LogP contribution >= 0.6 is 11.6 Å². The van der Waals surface area contributed by atoms with Crippen LogP contribution in [0.2, 0.25) is 5.02 Å². The number of hydrogen-bond acceptors (Lipinski definition) is 6. The summed E-state index contributed by atoms with van der Waals surface area (Å²) in [4.78, 5) is 24.9. The van der Waals surface area contributed by atoms with Gasteiger partial charge in [0.2, 0.25) is 5.95 Å². The SMILES string of the molecule is C=Cc1ccc(-n2nccn2)c(C(=O)N(CC)[C@@H](C)CNc2ncc(Cl)cn2)c1. The van der Waals surface area contributed by atoms with Gasteiger partial charge in [0.15, 0.2) is 0 Å². The van der Waals surface area contributed by atoms with E-state index in [9.17, 15) is 4.79 Å². The molecule has 0 fully saturated rings. The summed E-state index contributed by atoms with van der Waals surface area (Å²) >= 11 is 5.81. The number of carbonyl (C=O) groups is 1. The third-order valence-electron chi connectivity index (χ3n) is 4.43. The molecule has 8 nitrogen and oxygen atoms in total. The summed E-state index contributed by atoms with van der Waals surface area (Å²) in [6.07, 6.45) is 7.90. The van der Waals surface area contributed by atoms with E-state index in [0.717, 1.165) is 5.56 Å². The van der Waals surface area contributed by atoms with E-state index in [4.69, 9.17) is 11.6 Å². The summed E-state index contributed by atoms with van der Waals surface area (Å²) in [7, 11) is 0. The normalized spacial score (nSPS) is 11.7. The minimum atomic E-state index is -0.116. The summed E-state index contributed by atoms with van der Waals surface area (Å²) in [5, 5.41) is 11.9. The van der Waals surface area contributed by atoms with Crippen molar-refractivity contribution < 1.29 is 4.79 Å². The molecule has 1 N–H and O–H groups in total. The highest BCUT2D eigenvalue weighted by Gasteiger charge is 2.24. The van der Waals surface area contributed by atoms with Crippen LogP contribution in [0.4, 0.5) is 5.95 Å². The smallest absolute Gasteiger partial charge is 0.256 e. The molecule has 150 valence electrons. The van der Waals surface area contributed by atoms with E-state index in [1.165, 1.54) is 17.2 Å². The van der Waals surface area contributed by atoms with Crippen molar-refractivity contribution in [1.82, 2.24) is 29.9 Å². The molecule has 29 heavy (non-hydrogen) atoms. The first-order valence-corrected chi connectivity index (χ1v) is 9.56. The lowest BCUT2D eigenvalue weighted by Gasteiger charge is -2.29. The zero-order valence-corrected chi connectivity index (χ0v) is 17.0. The van der Waals surface area contributed by atoms with Crippen molar-refractivity contribution in [2.75, 3.05) is 18.4 Å². The van der Waals surface area contributed by atoms with Crippen LogP contribution in [0.5, 0.6) is 0 Å². The van der Waals surface area contributed by atoms with E-state index in [1.54, 1.807) is 29.4 Å². The fourth-order valence-electron chi connectivity index (χ4n) is 2.93. The summed E-state index contributed by atoms with van der Waals surface area (Å²) in [6.45, 7) is 8.72. The van der Waals surface area contributed by atoms with Crippen molar-refractivity contribution in [3.63, 3.8) is 0 Å². The van der Waals surface area contributed by atoms with E-state index in [1.807, 2.05) is 26.0 Å². The molecule has 0 radical (unpaired) electrons. The summed E-state index contributed by atoms with van der Waals surface area (Å²) in [5.74, 6) is 0.342. The Hall–Kier alpha value is -3.26. The average molecular weight is 412 g/mol. The molecule has 0 bridgehead atoms. The number of carbonyl (C=O) groups excluding carboxylic acids is 1. The number of nitrogens with zero attached hydrogens (tertiary/aromatic N) is 6. The number of anilines is 1. The third-order valence-corrected chi connectivity index (χ3v) is 4.63. The Labute approximate surface area is 174 Å². The molecule has 0 aliphatic rings. The van der Waals surface area contributed by atoms with Crippen molar-refractivity contribution in [3.05, 3.63) is 65.7 Å². The molecular formula is C20H22ClN7O. The minimum Gasteiger partial charge on any atom is -0.352 e. The van der Waals surface area contributed by atoms with Crippen LogP contribution in [-0.4, -0.2) is 54.9 Å². The molecule has 3 aromatic rings. The first-order chi connectivity index (χ1) is 14.0. The first-order valence-electron chi connectivity index (χ1n) is 9.19. The molecule has 1 amide bonds. The van der Waals surface area contributed by atoms with Crippen LogP contribution in [0.1, 0.15) is 29.8 Å². The maximum atomic E-state index is 13.4. The lowest BCUT2D eigenvalue weighted by Crippen LogP contribution is -2.42. The van der Waals surface area contributed by atoms with Gasteiger partial charge in [0.1, 0.15) is 0 Å². The second-order valence-corrected chi connectivity index (χ2v) is 6.78. The summed E-state index contributed by atoms with van der Waals surface area (Å²) in [6, 6.07) is 5.39. The second-order valence-electron chi connectivity index (χ2n) is 6.35. The highest BCUT2D eigenvalue weighted by Crippen LogP contribution is 2.20. The van der Waals surface area contributed by atoms with Gasteiger partial charge in [0.25, 0.3) is 5.91 Å². The van der Waals surface area contributed by atoms with Crippen LogP contribution in [0.25, 0.3) is 11.8 Å². The van der Waals surface area contributed by atoms with E-state index in [-0.39, 0.29) is 11.9 Å². The monoisotopic (exact) mass is 411 g/mol. The largest absolute Gasteiger partial charge is 0.352 e. The predicted molar refractivity (Wildman–Crippen MR) is 113 cm³/mol.